The predicted molar refractivity (Wildman–Crippen MR) is 126 cm³/mol. The summed E-state index contributed by atoms with van der Waals surface area (Å²) in [5.41, 5.74) is 8.77. The first-order chi connectivity index (χ1) is 16.4. The van der Waals surface area contributed by atoms with Crippen molar-refractivity contribution in [2.75, 3.05) is 0 Å². The van der Waals surface area contributed by atoms with Crippen LogP contribution in [0.3, 0.4) is 0 Å². The Hall–Kier alpha value is -4.09. The topological polar surface area (TPSA) is 98.5 Å². The first-order valence-electron chi connectivity index (χ1n) is 10.2. The molecule has 0 saturated heterocycles. The van der Waals surface area contributed by atoms with Crippen molar-refractivity contribution >= 4 is 32.9 Å². The van der Waals surface area contributed by atoms with Gasteiger partial charge in [0.15, 0.2) is 0 Å². The third-order valence-electron chi connectivity index (χ3n) is 5.70. The van der Waals surface area contributed by atoms with Gasteiger partial charge in [0.05, 0.1) is 5.92 Å². The molecule has 3 aromatic carbocycles. The van der Waals surface area contributed by atoms with Crippen LogP contribution in [0.5, 0.6) is 11.5 Å². The number of fused-ring (bicyclic) bond motifs is 2. The van der Waals surface area contributed by atoms with E-state index in [1.165, 1.54) is 24.3 Å². The van der Waals surface area contributed by atoms with Crippen LogP contribution >= 0.6 is 15.9 Å². The van der Waals surface area contributed by atoms with Crippen LogP contribution in [0.4, 0.5) is 4.39 Å². The molecule has 0 radical (unpaired) electrons. The standard InChI is InChI=1S/C26H16BrFN2O4/c1-13-18-10-14(28)6-9-21(18)33-24(13)26(31)32-15-7-8-17-22(11-15)34-25(30)19(12-29)23(17)16-4-2-3-5-20(16)27/h2-11,23H,30H2,1H3. The molecule has 1 unspecified atom stereocenters. The van der Waals surface area contributed by atoms with Gasteiger partial charge in [-0.25, -0.2) is 9.18 Å². The third kappa shape index (κ3) is 3.60. The van der Waals surface area contributed by atoms with E-state index < -0.39 is 17.7 Å². The number of hydrogen-bond acceptors (Lipinski definition) is 6. The molecule has 4 aromatic rings. The van der Waals surface area contributed by atoms with Crippen molar-refractivity contribution in [2.45, 2.75) is 12.8 Å². The molecule has 2 N–H and O–H groups in total. The fourth-order valence-electron chi connectivity index (χ4n) is 4.07. The highest BCUT2D eigenvalue weighted by atomic mass is 79.9. The lowest BCUT2D eigenvalue weighted by molar-refractivity contribution is 0.0702. The molecule has 1 aliphatic rings. The van der Waals surface area contributed by atoms with Crippen molar-refractivity contribution < 1.29 is 23.1 Å². The molecule has 34 heavy (non-hydrogen) atoms. The molecule has 1 aliphatic heterocycles. The summed E-state index contributed by atoms with van der Waals surface area (Å²) in [6.07, 6.45) is 0. The van der Waals surface area contributed by atoms with E-state index in [0.29, 0.717) is 27.8 Å². The summed E-state index contributed by atoms with van der Waals surface area (Å²) < 4.78 is 31.2. The molecule has 0 fully saturated rings. The largest absolute Gasteiger partial charge is 0.449 e. The highest BCUT2D eigenvalue weighted by Gasteiger charge is 2.32. The van der Waals surface area contributed by atoms with Crippen molar-refractivity contribution in [3.05, 3.63) is 105 Å². The van der Waals surface area contributed by atoms with Crippen LogP contribution in [0.15, 0.2) is 81.0 Å². The smallest absolute Gasteiger partial charge is 0.379 e. The molecule has 6 nitrogen and oxygen atoms in total. The molecule has 168 valence electrons. The average Bonchev–Trinajstić information content (AvgIpc) is 3.14. The Balaban J connectivity index is 1.50. The Labute approximate surface area is 202 Å². The summed E-state index contributed by atoms with van der Waals surface area (Å²) in [6, 6.07) is 18.6. The summed E-state index contributed by atoms with van der Waals surface area (Å²) >= 11 is 3.54. The zero-order valence-electron chi connectivity index (χ0n) is 17.8. The minimum absolute atomic E-state index is 0.0171. The number of furan rings is 1. The van der Waals surface area contributed by atoms with Gasteiger partial charge < -0.3 is 19.6 Å². The Morgan fingerprint density at radius 2 is 1.94 bits per heavy atom. The summed E-state index contributed by atoms with van der Waals surface area (Å²) in [4.78, 5) is 12.8. The fourth-order valence-corrected chi connectivity index (χ4v) is 4.58. The van der Waals surface area contributed by atoms with E-state index in [2.05, 4.69) is 22.0 Å². The zero-order valence-corrected chi connectivity index (χ0v) is 19.4. The lowest BCUT2D eigenvalue weighted by Crippen LogP contribution is -2.21. The van der Waals surface area contributed by atoms with E-state index in [1.807, 2.05) is 24.3 Å². The van der Waals surface area contributed by atoms with Crippen LogP contribution in [0.25, 0.3) is 11.0 Å². The maximum absolute atomic E-state index is 13.6. The monoisotopic (exact) mass is 518 g/mol. The number of esters is 1. The van der Waals surface area contributed by atoms with Crippen LogP contribution < -0.4 is 15.2 Å². The average molecular weight is 519 g/mol. The van der Waals surface area contributed by atoms with E-state index >= 15 is 0 Å². The number of rotatable bonds is 3. The first kappa shape index (κ1) is 21.7. The van der Waals surface area contributed by atoms with Crippen LogP contribution in [0.1, 0.15) is 33.2 Å². The maximum atomic E-state index is 13.6. The molecule has 0 spiro atoms. The number of hydrogen-bond donors (Lipinski definition) is 1. The van der Waals surface area contributed by atoms with E-state index in [0.717, 1.165) is 10.0 Å². The van der Waals surface area contributed by atoms with Gasteiger partial charge in [0.1, 0.15) is 34.5 Å². The van der Waals surface area contributed by atoms with E-state index in [4.69, 9.17) is 19.6 Å². The van der Waals surface area contributed by atoms with Gasteiger partial charge in [-0.15, -0.1) is 0 Å². The first-order valence-corrected chi connectivity index (χ1v) is 11.0. The molecule has 0 aliphatic carbocycles. The number of benzene rings is 3. The van der Waals surface area contributed by atoms with Gasteiger partial charge in [-0.1, -0.05) is 40.2 Å². The lowest BCUT2D eigenvalue weighted by Gasteiger charge is -2.27. The summed E-state index contributed by atoms with van der Waals surface area (Å²) in [6.45, 7) is 1.66. The van der Waals surface area contributed by atoms with Crippen LogP contribution in [-0.4, -0.2) is 5.97 Å². The van der Waals surface area contributed by atoms with E-state index in [1.54, 1.807) is 19.1 Å². The van der Waals surface area contributed by atoms with Crippen molar-refractivity contribution in [3.63, 3.8) is 0 Å². The Morgan fingerprint density at radius 3 is 2.71 bits per heavy atom. The maximum Gasteiger partial charge on any atom is 0.379 e. The number of nitrogens with two attached hydrogens (primary N) is 1. The number of ether oxygens (including phenoxy) is 2. The van der Waals surface area contributed by atoms with Crippen molar-refractivity contribution in [2.24, 2.45) is 5.73 Å². The molecular weight excluding hydrogens is 503 g/mol. The highest BCUT2D eigenvalue weighted by molar-refractivity contribution is 9.10. The molecule has 0 amide bonds. The third-order valence-corrected chi connectivity index (χ3v) is 6.42. The second-order valence-corrected chi connectivity index (χ2v) is 8.59. The Morgan fingerprint density at radius 1 is 1.15 bits per heavy atom. The van der Waals surface area contributed by atoms with Crippen LogP contribution in [-0.2, 0) is 0 Å². The fraction of sp³-hybridized carbons (Fsp3) is 0.0769. The van der Waals surface area contributed by atoms with Gasteiger partial charge in [-0.2, -0.15) is 5.26 Å². The minimum Gasteiger partial charge on any atom is -0.449 e. The van der Waals surface area contributed by atoms with E-state index in [-0.39, 0.29) is 23.0 Å². The van der Waals surface area contributed by atoms with Gasteiger partial charge in [-0.3, -0.25) is 0 Å². The molecule has 0 bridgehead atoms. The molecule has 5 rings (SSSR count). The number of aryl methyl sites for hydroxylation is 1. The van der Waals surface area contributed by atoms with E-state index in [9.17, 15) is 14.4 Å². The molecule has 1 aromatic heterocycles. The SMILES string of the molecule is Cc1c(C(=O)Oc2ccc3c(c2)OC(N)=C(C#N)C3c2ccccc2Br)oc2ccc(F)cc12. The number of carbonyl (C=O) groups is 1. The zero-order chi connectivity index (χ0) is 24.0. The normalized spacial score (nSPS) is 14.9. The van der Waals surface area contributed by atoms with Gasteiger partial charge >= 0.3 is 5.97 Å². The van der Waals surface area contributed by atoms with Crippen LogP contribution in [0, 0.1) is 24.1 Å². The Bertz CT molecular complexity index is 1550. The molecule has 0 saturated carbocycles. The quantitative estimate of drug-likeness (QED) is 0.260. The number of nitrogens with zero attached hydrogens (tertiary/aromatic N) is 1. The predicted octanol–water partition coefficient (Wildman–Crippen LogP) is 6.08. The van der Waals surface area contributed by atoms with Crippen molar-refractivity contribution in [1.29, 1.82) is 5.26 Å². The molecular formula is C26H16BrFN2O4. The number of allylic oxidation sites excluding steroid dienone is 1. The summed E-state index contributed by atoms with van der Waals surface area (Å²) in [7, 11) is 0. The van der Waals surface area contributed by atoms with Gasteiger partial charge in [0.2, 0.25) is 11.6 Å². The molecule has 2 heterocycles. The number of halogens is 2. The highest BCUT2D eigenvalue weighted by Crippen LogP contribution is 2.45. The molecule has 1 atom stereocenters. The summed E-state index contributed by atoms with van der Waals surface area (Å²) in [5.74, 6) is -1.08. The minimum atomic E-state index is -0.728. The lowest BCUT2D eigenvalue weighted by atomic mass is 9.83. The van der Waals surface area contributed by atoms with Gasteiger partial charge in [0.25, 0.3) is 0 Å². The van der Waals surface area contributed by atoms with Gasteiger partial charge in [-0.05, 0) is 42.8 Å². The summed E-state index contributed by atoms with van der Waals surface area (Å²) in [5, 5.41) is 10.2. The second-order valence-electron chi connectivity index (χ2n) is 7.73. The van der Waals surface area contributed by atoms with Crippen LogP contribution in [0.2, 0.25) is 0 Å². The molecule has 8 heteroatoms. The Kier molecular flexibility index (Phi) is 5.34. The second kappa shape index (κ2) is 8.36. The number of carbonyl (C=O) groups excluding carboxylic acids is 1. The van der Waals surface area contributed by atoms with Crippen molar-refractivity contribution in [1.82, 2.24) is 0 Å². The van der Waals surface area contributed by atoms with Crippen molar-refractivity contribution in [3.8, 4) is 17.6 Å². The van der Waals surface area contributed by atoms with Gasteiger partial charge in [0, 0.05) is 27.1 Å². The number of nitriles is 1.